The number of ether oxygens (including phenoxy) is 1. The molecule has 0 aliphatic carbocycles. The van der Waals surface area contributed by atoms with E-state index in [1.165, 1.54) is 0 Å². The topological polar surface area (TPSA) is 66.8 Å². The molecule has 0 rings (SSSR count). The average Bonchev–Trinajstić information content (AvgIpc) is 2.43. The zero-order valence-electron chi connectivity index (χ0n) is 12.3. The van der Waals surface area contributed by atoms with Crippen LogP contribution < -0.4 is 0 Å². The molecule has 0 aromatic rings. The molecule has 21 heavy (non-hydrogen) atoms. The van der Waals surface area contributed by atoms with E-state index in [1.54, 1.807) is 31.2 Å². The van der Waals surface area contributed by atoms with Crippen molar-refractivity contribution in [3.63, 3.8) is 0 Å². The van der Waals surface area contributed by atoms with Gasteiger partial charge in [0.15, 0.2) is 0 Å². The van der Waals surface area contributed by atoms with Gasteiger partial charge in [-0.3, -0.25) is 4.79 Å². The van der Waals surface area contributed by atoms with Crippen LogP contribution in [0.15, 0.2) is 24.3 Å². The van der Waals surface area contributed by atoms with Crippen molar-refractivity contribution < 1.29 is 19.7 Å². The number of esters is 1. The van der Waals surface area contributed by atoms with Crippen LogP contribution in [0.3, 0.4) is 0 Å². The molecule has 0 aromatic heterocycles. The highest BCUT2D eigenvalue weighted by Gasteiger charge is 2.04. The van der Waals surface area contributed by atoms with E-state index in [-0.39, 0.29) is 18.8 Å². The van der Waals surface area contributed by atoms with E-state index in [9.17, 15) is 15.0 Å². The highest BCUT2D eigenvalue weighted by molar-refractivity contribution is 5.69. The lowest BCUT2D eigenvalue weighted by Gasteiger charge is -2.03. The summed E-state index contributed by atoms with van der Waals surface area (Å²) in [4.78, 5) is 11.1. The molecule has 0 radical (unpaired) electrons. The van der Waals surface area contributed by atoms with Gasteiger partial charge in [-0.2, -0.15) is 0 Å². The van der Waals surface area contributed by atoms with E-state index in [1.807, 2.05) is 0 Å². The van der Waals surface area contributed by atoms with Crippen LogP contribution in [-0.4, -0.2) is 35.0 Å². The Bertz CT molecular complexity index is 446. The highest BCUT2D eigenvalue weighted by Crippen LogP contribution is 2.01. The first-order chi connectivity index (χ1) is 10.1. The lowest BCUT2D eigenvalue weighted by atomic mass is 10.1. The molecule has 0 aromatic carbocycles. The number of terminal acetylenes is 1. The maximum Gasteiger partial charge on any atom is 0.305 e. The fourth-order valence-electron chi connectivity index (χ4n) is 1.37. The van der Waals surface area contributed by atoms with Crippen molar-refractivity contribution in [2.24, 2.45) is 0 Å². The van der Waals surface area contributed by atoms with Gasteiger partial charge in [0.05, 0.1) is 12.7 Å². The second kappa shape index (κ2) is 13.0. The normalized spacial score (nSPS) is 13.4. The number of hydrogen-bond acceptors (Lipinski definition) is 4. The predicted octanol–water partition coefficient (Wildman–Crippen LogP) is 1.58. The van der Waals surface area contributed by atoms with Gasteiger partial charge in [0.25, 0.3) is 0 Å². The fourth-order valence-corrected chi connectivity index (χ4v) is 1.37. The molecule has 4 heteroatoms. The SMILES string of the molecule is C#CC[C@H](O)/C=C/C=C/C#C[C@@H](O)CCCC(=O)OCC. The van der Waals surface area contributed by atoms with Gasteiger partial charge < -0.3 is 14.9 Å². The van der Waals surface area contributed by atoms with Crippen LogP contribution in [-0.2, 0) is 9.53 Å². The molecule has 0 saturated heterocycles. The Kier molecular flexibility index (Phi) is 11.8. The summed E-state index contributed by atoms with van der Waals surface area (Å²) in [5.74, 6) is 7.42. The van der Waals surface area contributed by atoms with Crippen molar-refractivity contribution in [1.29, 1.82) is 0 Å². The van der Waals surface area contributed by atoms with Gasteiger partial charge in [0.2, 0.25) is 0 Å². The molecule has 0 amide bonds. The van der Waals surface area contributed by atoms with Gasteiger partial charge in [-0.25, -0.2) is 0 Å². The monoisotopic (exact) mass is 290 g/mol. The number of carbonyl (C=O) groups excluding carboxylic acids is 1. The van der Waals surface area contributed by atoms with Crippen molar-refractivity contribution in [1.82, 2.24) is 0 Å². The summed E-state index contributed by atoms with van der Waals surface area (Å²) in [6.45, 7) is 2.13. The molecule has 0 fully saturated rings. The molecule has 0 spiro atoms. The van der Waals surface area contributed by atoms with Crippen molar-refractivity contribution in [3.05, 3.63) is 24.3 Å². The molecule has 2 N–H and O–H groups in total. The lowest BCUT2D eigenvalue weighted by Crippen LogP contribution is -2.07. The van der Waals surface area contributed by atoms with E-state index in [0.29, 0.717) is 19.4 Å². The first-order valence-electron chi connectivity index (χ1n) is 6.89. The minimum atomic E-state index is -0.764. The third-order valence-electron chi connectivity index (χ3n) is 2.36. The highest BCUT2D eigenvalue weighted by atomic mass is 16.5. The summed E-state index contributed by atoms with van der Waals surface area (Å²) in [5, 5.41) is 18.9. The number of allylic oxidation sites excluding steroid dienone is 3. The first kappa shape index (κ1) is 19.0. The number of aliphatic hydroxyl groups is 2. The summed E-state index contributed by atoms with van der Waals surface area (Å²) in [5.41, 5.74) is 0. The summed E-state index contributed by atoms with van der Waals surface area (Å²) >= 11 is 0. The van der Waals surface area contributed by atoms with Crippen LogP contribution in [0.25, 0.3) is 0 Å². The van der Waals surface area contributed by atoms with E-state index in [0.717, 1.165) is 0 Å². The Balaban J connectivity index is 3.89. The third kappa shape index (κ3) is 12.8. The van der Waals surface area contributed by atoms with Crippen LogP contribution in [0, 0.1) is 24.2 Å². The van der Waals surface area contributed by atoms with Gasteiger partial charge in [-0.1, -0.05) is 30.1 Å². The number of rotatable bonds is 8. The molecule has 0 unspecified atom stereocenters. The molecular weight excluding hydrogens is 268 g/mol. The summed E-state index contributed by atoms with van der Waals surface area (Å²) < 4.78 is 4.78. The molecule has 0 saturated carbocycles. The Morgan fingerprint density at radius 2 is 2.14 bits per heavy atom. The van der Waals surface area contributed by atoms with E-state index >= 15 is 0 Å². The van der Waals surface area contributed by atoms with Gasteiger partial charge >= 0.3 is 5.97 Å². The molecule has 0 bridgehead atoms. The maximum absolute atomic E-state index is 11.1. The van der Waals surface area contributed by atoms with Crippen LogP contribution in [0.4, 0.5) is 0 Å². The van der Waals surface area contributed by atoms with Gasteiger partial charge in [0.1, 0.15) is 6.10 Å². The minimum Gasteiger partial charge on any atom is -0.466 e. The first-order valence-corrected chi connectivity index (χ1v) is 6.89. The number of carbonyl (C=O) groups is 1. The van der Waals surface area contributed by atoms with Crippen molar-refractivity contribution in [2.75, 3.05) is 6.61 Å². The van der Waals surface area contributed by atoms with Gasteiger partial charge in [-0.15, -0.1) is 12.3 Å². The van der Waals surface area contributed by atoms with Crippen LogP contribution in [0.5, 0.6) is 0 Å². The molecule has 0 aliphatic heterocycles. The Labute approximate surface area is 126 Å². The molecule has 0 aliphatic rings. The number of hydrogen-bond donors (Lipinski definition) is 2. The maximum atomic E-state index is 11.1. The van der Waals surface area contributed by atoms with Crippen molar-refractivity contribution in [3.8, 4) is 24.2 Å². The summed E-state index contributed by atoms with van der Waals surface area (Å²) in [6.07, 6.45) is 11.6. The van der Waals surface area contributed by atoms with Crippen LogP contribution in [0.1, 0.15) is 32.6 Å². The lowest BCUT2D eigenvalue weighted by molar-refractivity contribution is -0.143. The van der Waals surface area contributed by atoms with Gasteiger partial charge in [0, 0.05) is 12.8 Å². The van der Waals surface area contributed by atoms with Crippen molar-refractivity contribution >= 4 is 5.97 Å². The second-order valence-electron chi connectivity index (χ2n) is 4.22. The van der Waals surface area contributed by atoms with Crippen LogP contribution >= 0.6 is 0 Å². The fraction of sp³-hybridized carbons (Fsp3) is 0.471. The second-order valence-corrected chi connectivity index (χ2v) is 4.22. The molecule has 2 atom stereocenters. The number of aliphatic hydroxyl groups excluding tert-OH is 2. The average molecular weight is 290 g/mol. The zero-order chi connectivity index (χ0) is 15.9. The minimum absolute atomic E-state index is 0.256. The Hall–Kier alpha value is -2.01. The van der Waals surface area contributed by atoms with Crippen LogP contribution in [0.2, 0.25) is 0 Å². The smallest absolute Gasteiger partial charge is 0.305 e. The Morgan fingerprint density at radius 1 is 1.38 bits per heavy atom. The van der Waals surface area contributed by atoms with Crippen molar-refractivity contribution in [2.45, 2.75) is 44.8 Å². The standard InChI is InChI=1S/C17H22O4/c1-3-10-15(18)11-7-5-6-8-12-16(19)13-9-14-17(20)21-4-2/h1,5-7,11,15-16,18-19H,4,9-10,13-14H2,2H3/b6-5+,11-7+/t15-,16+/m0/s1. The molecular formula is C17H22O4. The molecule has 114 valence electrons. The predicted molar refractivity (Wildman–Crippen MR) is 82.0 cm³/mol. The summed E-state index contributed by atoms with van der Waals surface area (Å²) in [6, 6.07) is 0. The van der Waals surface area contributed by atoms with E-state index in [4.69, 9.17) is 11.2 Å². The third-order valence-corrected chi connectivity index (χ3v) is 2.36. The van der Waals surface area contributed by atoms with E-state index < -0.39 is 12.2 Å². The summed E-state index contributed by atoms with van der Waals surface area (Å²) in [7, 11) is 0. The van der Waals surface area contributed by atoms with Gasteiger partial charge in [-0.05, 0) is 25.8 Å². The largest absolute Gasteiger partial charge is 0.466 e. The Morgan fingerprint density at radius 3 is 2.81 bits per heavy atom. The molecule has 4 nitrogen and oxygen atoms in total. The molecule has 0 heterocycles. The van der Waals surface area contributed by atoms with E-state index in [2.05, 4.69) is 17.8 Å². The zero-order valence-corrected chi connectivity index (χ0v) is 12.3. The quantitative estimate of drug-likeness (QED) is 0.405.